The number of amides is 1. The first kappa shape index (κ1) is 14.2. The molecule has 9 heteroatoms. The average molecular weight is 294 g/mol. The second-order valence-electron chi connectivity index (χ2n) is 4.58. The lowest BCUT2D eigenvalue weighted by molar-refractivity contribution is -0.138. The van der Waals surface area contributed by atoms with Gasteiger partial charge in [-0.25, -0.2) is 0 Å². The van der Waals surface area contributed by atoms with E-state index in [0.29, 0.717) is 24.2 Å². The highest BCUT2D eigenvalue weighted by atomic mass is 32.1. The molecule has 0 saturated heterocycles. The maximum absolute atomic E-state index is 12.3. The normalized spacial score (nSPS) is 19.2. The second-order valence-corrected chi connectivity index (χ2v) is 5.56. The van der Waals surface area contributed by atoms with Gasteiger partial charge in [0.15, 0.2) is 0 Å². The van der Waals surface area contributed by atoms with Crippen molar-refractivity contribution in [3.63, 3.8) is 0 Å². The van der Waals surface area contributed by atoms with E-state index in [2.05, 4.69) is 15.5 Å². The van der Waals surface area contributed by atoms with Crippen LogP contribution in [0.1, 0.15) is 37.1 Å². The summed E-state index contributed by atoms with van der Waals surface area (Å²) in [6.45, 7) is 0. The fourth-order valence-corrected chi connectivity index (χ4v) is 2.63. The number of aromatic nitrogens is 2. The van der Waals surface area contributed by atoms with E-state index in [1.54, 1.807) is 0 Å². The first-order valence-corrected chi connectivity index (χ1v) is 6.64. The minimum atomic E-state index is -4.55. The Morgan fingerprint density at radius 2 is 1.89 bits per heavy atom. The van der Waals surface area contributed by atoms with Crippen molar-refractivity contribution in [3.8, 4) is 0 Å². The number of rotatable bonds is 2. The third-order valence-electron chi connectivity index (χ3n) is 3.09. The van der Waals surface area contributed by atoms with Crippen LogP contribution >= 0.6 is 11.3 Å². The number of anilines is 1. The molecule has 1 aromatic rings. The molecule has 106 valence electrons. The largest absolute Gasteiger partial charge is 0.445 e. The molecule has 5 nitrogen and oxygen atoms in total. The molecule has 1 amide bonds. The van der Waals surface area contributed by atoms with E-state index < -0.39 is 22.6 Å². The van der Waals surface area contributed by atoms with Gasteiger partial charge in [0.1, 0.15) is 0 Å². The van der Waals surface area contributed by atoms with Crippen LogP contribution in [0.5, 0.6) is 0 Å². The predicted molar refractivity (Wildman–Crippen MR) is 63.5 cm³/mol. The fourth-order valence-electron chi connectivity index (χ4n) is 2.02. The maximum Gasteiger partial charge on any atom is 0.445 e. The third-order valence-corrected chi connectivity index (χ3v) is 3.97. The van der Waals surface area contributed by atoms with Gasteiger partial charge in [-0.2, -0.15) is 13.2 Å². The lowest BCUT2D eigenvalue weighted by Gasteiger charge is -2.31. The van der Waals surface area contributed by atoms with Crippen molar-refractivity contribution in [2.24, 2.45) is 5.73 Å². The van der Waals surface area contributed by atoms with Gasteiger partial charge in [-0.3, -0.25) is 10.1 Å². The number of hydrogen-bond donors (Lipinski definition) is 2. The topological polar surface area (TPSA) is 80.9 Å². The zero-order valence-corrected chi connectivity index (χ0v) is 10.8. The smallest absolute Gasteiger partial charge is 0.317 e. The fraction of sp³-hybridized carbons (Fsp3) is 0.700. The standard InChI is InChI=1S/C10H13F3N4OS/c11-10(12,13)7-16-17-8(19-7)15-6(18)9(14)4-2-1-3-5-9/h1-5,14H2,(H,15,17,18). The number of hydrogen-bond acceptors (Lipinski definition) is 5. The van der Waals surface area contributed by atoms with Crippen LogP contribution in [0.25, 0.3) is 0 Å². The van der Waals surface area contributed by atoms with Gasteiger partial charge in [0.2, 0.25) is 16.0 Å². The molecule has 0 aromatic carbocycles. The second kappa shape index (κ2) is 5.04. The first-order chi connectivity index (χ1) is 8.81. The van der Waals surface area contributed by atoms with Crippen molar-refractivity contribution in [1.82, 2.24) is 10.2 Å². The Kier molecular flexibility index (Phi) is 3.77. The van der Waals surface area contributed by atoms with Crippen LogP contribution in [0.2, 0.25) is 0 Å². The van der Waals surface area contributed by atoms with Gasteiger partial charge in [0.05, 0.1) is 5.54 Å². The number of halogens is 3. The Morgan fingerprint density at radius 3 is 2.42 bits per heavy atom. The Bertz CT molecular complexity index is 468. The summed E-state index contributed by atoms with van der Waals surface area (Å²) in [5.74, 6) is -0.489. The van der Waals surface area contributed by atoms with Gasteiger partial charge in [0.25, 0.3) is 0 Å². The number of alkyl halides is 3. The highest BCUT2D eigenvalue weighted by Gasteiger charge is 2.38. The van der Waals surface area contributed by atoms with Crippen LogP contribution < -0.4 is 11.1 Å². The lowest BCUT2D eigenvalue weighted by Crippen LogP contribution is -2.52. The zero-order valence-electron chi connectivity index (χ0n) is 9.96. The van der Waals surface area contributed by atoms with Gasteiger partial charge >= 0.3 is 6.18 Å². The van der Waals surface area contributed by atoms with Crippen LogP contribution in [0.4, 0.5) is 18.3 Å². The molecule has 0 radical (unpaired) electrons. The quantitative estimate of drug-likeness (QED) is 0.875. The maximum atomic E-state index is 12.3. The van der Waals surface area contributed by atoms with E-state index in [4.69, 9.17) is 5.73 Å². The Morgan fingerprint density at radius 1 is 1.26 bits per heavy atom. The Balaban J connectivity index is 2.04. The summed E-state index contributed by atoms with van der Waals surface area (Å²) in [7, 11) is 0. The Hall–Kier alpha value is -1.22. The zero-order chi connectivity index (χ0) is 14.1. The van der Waals surface area contributed by atoms with E-state index in [0.717, 1.165) is 19.3 Å². The summed E-state index contributed by atoms with van der Waals surface area (Å²) in [6, 6.07) is 0. The summed E-state index contributed by atoms with van der Waals surface area (Å²) in [5, 5.41) is 7.37. The van der Waals surface area contributed by atoms with Crippen molar-refractivity contribution in [3.05, 3.63) is 5.01 Å². The molecule has 0 aliphatic heterocycles. The molecule has 0 bridgehead atoms. The van der Waals surface area contributed by atoms with Crippen LogP contribution in [0.3, 0.4) is 0 Å². The van der Waals surface area contributed by atoms with E-state index in [1.165, 1.54) is 0 Å². The molecule has 2 rings (SSSR count). The summed E-state index contributed by atoms with van der Waals surface area (Å²) in [6.07, 6.45) is -0.787. The molecule has 1 saturated carbocycles. The molecule has 0 spiro atoms. The highest BCUT2D eigenvalue weighted by Crippen LogP contribution is 2.34. The average Bonchev–Trinajstić information content (AvgIpc) is 2.78. The van der Waals surface area contributed by atoms with Gasteiger partial charge in [-0.1, -0.05) is 30.6 Å². The van der Waals surface area contributed by atoms with Crippen LogP contribution in [-0.2, 0) is 11.0 Å². The first-order valence-electron chi connectivity index (χ1n) is 5.82. The van der Waals surface area contributed by atoms with Crippen molar-refractivity contribution in [2.75, 3.05) is 5.32 Å². The van der Waals surface area contributed by atoms with Crippen molar-refractivity contribution < 1.29 is 18.0 Å². The monoisotopic (exact) mass is 294 g/mol. The molecule has 0 unspecified atom stereocenters. The lowest BCUT2D eigenvalue weighted by atomic mass is 9.82. The third kappa shape index (κ3) is 3.21. The van der Waals surface area contributed by atoms with Gasteiger partial charge in [-0.05, 0) is 12.8 Å². The number of carbonyl (C=O) groups is 1. The minimum absolute atomic E-state index is 0.173. The molecular weight excluding hydrogens is 281 g/mol. The van der Waals surface area contributed by atoms with Crippen LogP contribution in [0, 0.1) is 0 Å². The summed E-state index contributed by atoms with van der Waals surface area (Å²) >= 11 is 0.296. The van der Waals surface area contributed by atoms with Gasteiger partial charge < -0.3 is 5.73 Å². The van der Waals surface area contributed by atoms with Crippen LogP contribution in [0.15, 0.2) is 0 Å². The number of carbonyl (C=O) groups excluding carboxylic acids is 1. The molecule has 0 atom stereocenters. The highest BCUT2D eigenvalue weighted by molar-refractivity contribution is 7.15. The van der Waals surface area contributed by atoms with Crippen LogP contribution in [-0.4, -0.2) is 21.6 Å². The van der Waals surface area contributed by atoms with E-state index >= 15 is 0 Å². The van der Waals surface area contributed by atoms with E-state index in [-0.39, 0.29) is 5.13 Å². The Labute approximate surface area is 111 Å². The van der Waals surface area contributed by atoms with E-state index in [9.17, 15) is 18.0 Å². The number of nitrogens with one attached hydrogen (secondary N) is 1. The molecular formula is C10H13F3N4OS. The van der Waals surface area contributed by atoms with E-state index in [1.807, 2.05) is 0 Å². The van der Waals surface area contributed by atoms with Crippen molar-refractivity contribution in [2.45, 2.75) is 43.8 Å². The SMILES string of the molecule is NC1(C(=O)Nc2nnc(C(F)(F)F)s2)CCCCC1. The molecule has 3 N–H and O–H groups in total. The molecule has 1 aromatic heterocycles. The molecule has 19 heavy (non-hydrogen) atoms. The van der Waals surface area contributed by atoms with Gasteiger partial charge in [-0.15, -0.1) is 10.2 Å². The van der Waals surface area contributed by atoms with Crippen molar-refractivity contribution in [1.29, 1.82) is 0 Å². The number of nitrogens with zero attached hydrogens (tertiary/aromatic N) is 2. The molecule has 1 heterocycles. The minimum Gasteiger partial charge on any atom is -0.317 e. The summed E-state index contributed by atoms with van der Waals surface area (Å²) in [4.78, 5) is 12.0. The molecule has 1 aliphatic carbocycles. The molecule has 1 fully saturated rings. The summed E-state index contributed by atoms with van der Waals surface area (Å²) < 4.78 is 37.0. The predicted octanol–water partition coefficient (Wildman–Crippen LogP) is 2.16. The number of nitrogens with two attached hydrogens (primary N) is 1. The molecule has 1 aliphatic rings. The van der Waals surface area contributed by atoms with Crippen molar-refractivity contribution >= 4 is 22.4 Å². The summed E-state index contributed by atoms with van der Waals surface area (Å²) in [5.41, 5.74) is 4.95. The van der Waals surface area contributed by atoms with Gasteiger partial charge in [0, 0.05) is 0 Å².